The van der Waals surface area contributed by atoms with Crippen LogP contribution in [0.1, 0.15) is 19.3 Å². The van der Waals surface area contributed by atoms with Crippen molar-refractivity contribution in [2.45, 2.75) is 25.4 Å². The molecule has 1 unspecified atom stereocenters. The maximum Gasteiger partial charge on any atom is 0.243 e. The second-order valence-electron chi connectivity index (χ2n) is 5.29. The number of nitrogens with one attached hydrogen (secondary N) is 2. The highest BCUT2D eigenvalue weighted by molar-refractivity contribution is 6.30. The van der Waals surface area contributed by atoms with Gasteiger partial charge in [-0.25, -0.2) is 0 Å². The fourth-order valence-corrected chi connectivity index (χ4v) is 2.29. The number of ether oxygens (including phenoxy) is 2. The van der Waals surface area contributed by atoms with E-state index in [1.54, 1.807) is 24.3 Å². The van der Waals surface area contributed by atoms with Crippen LogP contribution in [0, 0.1) is 0 Å². The minimum absolute atomic E-state index is 0.0762. The van der Waals surface area contributed by atoms with Crippen LogP contribution in [0.4, 0.5) is 5.69 Å². The molecule has 2 N–H and O–H groups in total. The van der Waals surface area contributed by atoms with Gasteiger partial charge in [-0.3, -0.25) is 9.59 Å². The zero-order chi connectivity index (χ0) is 16.5. The molecule has 1 heterocycles. The van der Waals surface area contributed by atoms with Gasteiger partial charge in [0.05, 0.1) is 25.9 Å². The lowest BCUT2D eigenvalue weighted by atomic mass is 10.2. The molecule has 0 saturated carbocycles. The molecule has 7 heteroatoms. The highest BCUT2D eigenvalue weighted by Gasteiger charge is 2.15. The van der Waals surface area contributed by atoms with Crippen molar-refractivity contribution in [2.24, 2.45) is 0 Å². The summed E-state index contributed by atoms with van der Waals surface area (Å²) in [5.74, 6) is -0.510. The first kappa shape index (κ1) is 17.7. The van der Waals surface area contributed by atoms with Gasteiger partial charge in [-0.15, -0.1) is 0 Å². The van der Waals surface area contributed by atoms with Crippen LogP contribution in [0.15, 0.2) is 24.3 Å². The predicted octanol–water partition coefficient (Wildman–Crippen LogP) is 1.98. The van der Waals surface area contributed by atoms with Crippen LogP contribution in [0.3, 0.4) is 0 Å². The van der Waals surface area contributed by atoms with E-state index in [1.807, 2.05) is 0 Å². The molecule has 1 saturated heterocycles. The molecule has 1 aliphatic heterocycles. The normalized spacial score (nSPS) is 17.0. The zero-order valence-corrected chi connectivity index (χ0v) is 13.6. The average Bonchev–Trinajstić information content (AvgIpc) is 3.05. The van der Waals surface area contributed by atoms with Crippen molar-refractivity contribution in [3.05, 3.63) is 29.3 Å². The van der Waals surface area contributed by atoms with Crippen LogP contribution in [-0.2, 0) is 19.1 Å². The molecular weight excluding hydrogens is 320 g/mol. The van der Waals surface area contributed by atoms with Crippen molar-refractivity contribution < 1.29 is 19.1 Å². The molecule has 1 fully saturated rings. The van der Waals surface area contributed by atoms with Crippen LogP contribution in [0.2, 0.25) is 5.02 Å². The van der Waals surface area contributed by atoms with Gasteiger partial charge >= 0.3 is 0 Å². The zero-order valence-electron chi connectivity index (χ0n) is 12.8. The number of rotatable bonds is 8. The lowest BCUT2D eigenvalue weighted by Gasteiger charge is -2.10. The molecule has 1 aromatic rings. The molecule has 2 rings (SSSR count). The maximum absolute atomic E-state index is 11.7. The quantitative estimate of drug-likeness (QED) is 0.709. The molecule has 1 atom stereocenters. The number of halogens is 1. The maximum atomic E-state index is 11.7. The molecule has 126 valence electrons. The van der Waals surface area contributed by atoms with Gasteiger partial charge in [0, 0.05) is 23.7 Å². The molecular formula is C16H21ClN2O4. The molecule has 0 bridgehead atoms. The number of anilines is 1. The Morgan fingerprint density at radius 1 is 1.26 bits per heavy atom. The van der Waals surface area contributed by atoms with Crippen molar-refractivity contribution in [3.63, 3.8) is 0 Å². The summed E-state index contributed by atoms with van der Waals surface area (Å²) in [7, 11) is 0. The largest absolute Gasteiger partial charge is 0.378 e. The minimum Gasteiger partial charge on any atom is -0.378 e. The monoisotopic (exact) mass is 340 g/mol. The number of carbonyl (C=O) groups is 2. The standard InChI is InChI=1S/C16H21ClN2O4/c17-12-3-5-13(6-4-12)19-16(21)10-18-15(20)7-9-22-11-14-2-1-8-23-14/h3-6,14H,1-2,7-11H2,(H,18,20)(H,19,21). The molecule has 6 nitrogen and oxygen atoms in total. The first-order valence-corrected chi connectivity index (χ1v) is 8.03. The van der Waals surface area contributed by atoms with Crippen LogP contribution in [0.25, 0.3) is 0 Å². The van der Waals surface area contributed by atoms with E-state index in [-0.39, 0.29) is 30.9 Å². The van der Waals surface area contributed by atoms with Crippen LogP contribution in [0.5, 0.6) is 0 Å². The summed E-state index contributed by atoms with van der Waals surface area (Å²) in [6, 6.07) is 6.75. The Kier molecular flexibility index (Phi) is 7.32. The van der Waals surface area contributed by atoms with E-state index in [2.05, 4.69) is 10.6 Å². The van der Waals surface area contributed by atoms with Gasteiger partial charge in [-0.1, -0.05) is 11.6 Å². The summed E-state index contributed by atoms with van der Waals surface area (Å²) in [6.45, 7) is 1.55. The van der Waals surface area contributed by atoms with E-state index in [4.69, 9.17) is 21.1 Å². The Balaban J connectivity index is 1.54. The average molecular weight is 341 g/mol. The van der Waals surface area contributed by atoms with Crippen molar-refractivity contribution in [1.29, 1.82) is 0 Å². The lowest BCUT2D eigenvalue weighted by Crippen LogP contribution is -2.33. The minimum atomic E-state index is -0.291. The van der Waals surface area contributed by atoms with Crippen molar-refractivity contribution in [3.8, 4) is 0 Å². The second-order valence-corrected chi connectivity index (χ2v) is 5.73. The SMILES string of the molecule is O=C(CCOCC1CCCO1)NCC(=O)Nc1ccc(Cl)cc1. The van der Waals surface area contributed by atoms with Gasteiger partial charge < -0.3 is 20.1 Å². The molecule has 0 aromatic heterocycles. The van der Waals surface area contributed by atoms with Gasteiger partial charge in [-0.2, -0.15) is 0 Å². The van der Waals surface area contributed by atoms with E-state index in [1.165, 1.54) is 0 Å². The fraction of sp³-hybridized carbons (Fsp3) is 0.500. The molecule has 2 amide bonds. The highest BCUT2D eigenvalue weighted by atomic mass is 35.5. The Bertz CT molecular complexity index is 515. The van der Waals surface area contributed by atoms with E-state index >= 15 is 0 Å². The number of amides is 2. The summed E-state index contributed by atoms with van der Waals surface area (Å²) in [6.07, 6.45) is 2.46. The van der Waals surface area contributed by atoms with Gasteiger partial charge in [0.25, 0.3) is 0 Å². The fourth-order valence-electron chi connectivity index (χ4n) is 2.16. The first-order chi connectivity index (χ1) is 11.1. The van der Waals surface area contributed by atoms with E-state index in [9.17, 15) is 9.59 Å². The van der Waals surface area contributed by atoms with E-state index in [0.29, 0.717) is 23.9 Å². The third-order valence-electron chi connectivity index (χ3n) is 3.38. The Morgan fingerprint density at radius 3 is 2.74 bits per heavy atom. The van der Waals surface area contributed by atoms with Gasteiger partial charge in [0.2, 0.25) is 11.8 Å². The number of hydrogen-bond donors (Lipinski definition) is 2. The third-order valence-corrected chi connectivity index (χ3v) is 3.63. The van der Waals surface area contributed by atoms with E-state index < -0.39 is 0 Å². The topological polar surface area (TPSA) is 76.7 Å². The highest BCUT2D eigenvalue weighted by Crippen LogP contribution is 2.13. The van der Waals surface area contributed by atoms with Crippen LogP contribution < -0.4 is 10.6 Å². The summed E-state index contributed by atoms with van der Waals surface area (Å²) >= 11 is 5.76. The predicted molar refractivity (Wildman–Crippen MR) is 87.5 cm³/mol. The smallest absolute Gasteiger partial charge is 0.243 e. The lowest BCUT2D eigenvalue weighted by molar-refractivity contribution is -0.125. The summed E-state index contributed by atoms with van der Waals surface area (Å²) in [4.78, 5) is 23.3. The second kappa shape index (κ2) is 9.50. The summed E-state index contributed by atoms with van der Waals surface area (Å²) in [5, 5.41) is 5.82. The number of carbonyl (C=O) groups excluding carboxylic acids is 2. The number of benzene rings is 1. The third kappa shape index (κ3) is 6.99. The first-order valence-electron chi connectivity index (χ1n) is 7.65. The molecule has 0 spiro atoms. The van der Waals surface area contributed by atoms with Crippen LogP contribution >= 0.6 is 11.6 Å². The van der Waals surface area contributed by atoms with E-state index in [0.717, 1.165) is 19.4 Å². The van der Waals surface area contributed by atoms with Crippen molar-refractivity contribution in [2.75, 3.05) is 31.7 Å². The molecule has 23 heavy (non-hydrogen) atoms. The van der Waals surface area contributed by atoms with Gasteiger partial charge in [-0.05, 0) is 37.1 Å². The molecule has 0 radical (unpaired) electrons. The summed E-state index contributed by atoms with van der Waals surface area (Å²) in [5.41, 5.74) is 0.633. The van der Waals surface area contributed by atoms with Gasteiger partial charge in [0.15, 0.2) is 0 Å². The van der Waals surface area contributed by atoms with Crippen molar-refractivity contribution in [1.82, 2.24) is 5.32 Å². The Morgan fingerprint density at radius 2 is 2.04 bits per heavy atom. The van der Waals surface area contributed by atoms with Crippen LogP contribution in [-0.4, -0.2) is 44.3 Å². The van der Waals surface area contributed by atoms with Gasteiger partial charge in [0.1, 0.15) is 0 Å². The molecule has 1 aromatic carbocycles. The Hall–Kier alpha value is -1.63. The Labute approximate surface area is 140 Å². The molecule has 0 aliphatic carbocycles. The molecule has 1 aliphatic rings. The van der Waals surface area contributed by atoms with Crippen molar-refractivity contribution >= 4 is 29.1 Å². The summed E-state index contributed by atoms with van der Waals surface area (Å²) < 4.78 is 10.8. The number of hydrogen-bond acceptors (Lipinski definition) is 4.